The van der Waals surface area contributed by atoms with E-state index in [1.807, 2.05) is 18.0 Å². The van der Waals surface area contributed by atoms with Gasteiger partial charge in [-0.15, -0.1) is 24.0 Å². The molecule has 0 unspecified atom stereocenters. The van der Waals surface area contributed by atoms with E-state index in [2.05, 4.69) is 41.4 Å². The van der Waals surface area contributed by atoms with Gasteiger partial charge < -0.3 is 20.0 Å². The molecule has 156 valence electrons. The van der Waals surface area contributed by atoms with E-state index in [0.29, 0.717) is 18.4 Å². The summed E-state index contributed by atoms with van der Waals surface area (Å²) in [5.74, 6) is 1.97. The van der Waals surface area contributed by atoms with Crippen LogP contribution in [0.5, 0.6) is 0 Å². The topological polar surface area (TPSA) is 65.7 Å². The number of hydrogen-bond donors (Lipinski definition) is 2. The molecule has 2 rings (SSSR count). The molecule has 0 aliphatic heterocycles. The highest BCUT2D eigenvalue weighted by molar-refractivity contribution is 14.0. The van der Waals surface area contributed by atoms with Crippen LogP contribution in [0.15, 0.2) is 39.9 Å². The van der Waals surface area contributed by atoms with Gasteiger partial charge in [-0.3, -0.25) is 4.99 Å². The SMILES string of the molecule is CN=C(NCCCN(C)c1cccc(F)c1)NCc1ncc(C(C)(C)C)o1.I. The van der Waals surface area contributed by atoms with Gasteiger partial charge in [0.1, 0.15) is 11.6 Å². The molecule has 2 aromatic rings. The summed E-state index contributed by atoms with van der Waals surface area (Å²) in [6.07, 6.45) is 2.66. The van der Waals surface area contributed by atoms with Gasteiger partial charge in [0.15, 0.2) is 5.96 Å². The number of benzene rings is 1. The molecule has 1 heterocycles. The Labute approximate surface area is 184 Å². The van der Waals surface area contributed by atoms with E-state index in [4.69, 9.17) is 4.42 Å². The molecule has 0 amide bonds. The molecule has 0 bridgehead atoms. The van der Waals surface area contributed by atoms with E-state index in [9.17, 15) is 4.39 Å². The largest absolute Gasteiger partial charge is 0.443 e. The monoisotopic (exact) mass is 503 g/mol. The van der Waals surface area contributed by atoms with Crippen molar-refractivity contribution in [3.8, 4) is 0 Å². The van der Waals surface area contributed by atoms with Crippen molar-refractivity contribution in [1.29, 1.82) is 0 Å². The van der Waals surface area contributed by atoms with Gasteiger partial charge >= 0.3 is 0 Å². The number of oxazole rings is 1. The van der Waals surface area contributed by atoms with Crippen LogP contribution >= 0.6 is 24.0 Å². The summed E-state index contributed by atoms with van der Waals surface area (Å²) >= 11 is 0. The highest BCUT2D eigenvalue weighted by atomic mass is 127. The maximum Gasteiger partial charge on any atom is 0.213 e. The molecule has 28 heavy (non-hydrogen) atoms. The molecule has 0 aliphatic rings. The van der Waals surface area contributed by atoms with Gasteiger partial charge in [-0.25, -0.2) is 9.37 Å². The minimum Gasteiger partial charge on any atom is -0.443 e. The number of aliphatic imine (C=N–C) groups is 1. The van der Waals surface area contributed by atoms with Crippen LogP contribution in [0.4, 0.5) is 10.1 Å². The molecule has 0 atom stereocenters. The lowest BCUT2D eigenvalue weighted by Gasteiger charge is -2.19. The molecule has 0 saturated heterocycles. The van der Waals surface area contributed by atoms with Crippen molar-refractivity contribution in [2.45, 2.75) is 39.2 Å². The Morgan fingerprint density at radius 3 is 2.64 bits per heavy atom. The minimum atomic E-state index is -0.219. The molecule has 0 fully saturated rings. The lowest BCUT2D eigenvalue weighted by atomic mass is 9.94. The summed E-state index contributed by atoms with van der Waals surface area (Å²) in [7, 11) is 3.68. The van der Waals surface area contributed by atoms with Crippen molar-refractivity contribution in [1.82, 2.24) is 15.6 Å². The Hall–Kier alpha value is -1.84. The second-order valence-electron chi connectivity index (χ2n) is 7.48. The zero-order valence-corrected chi connectivity index (χ0v) is 19.6. The summed E-state index contributed by atoms with van der Waals surface area (Å²) in [6.45, 7) is 8.30. The van der Waals surface area contributed by atoms with Crippen LogP contribution in [0.2, 0.25) is 0 Å². The smallest absolute Gasteiger partial charge is 0.213 e. The highest BCUT2D eigenvalue weighted by Gasteiger charge is 2.19. The summed E-state index contributed by atoms with van der Waals surface area (Å²) in [5.41, 5.74) is 0.815. The van der Waals surface area contributed by atoms with Crippen LogP contribution in [0, 0.1) is 5.82 Å². The quantitative estimate of drug-likeness (QED) is 0.260. The molecule has 0 aliphatic carbocycles. The van der Waals surface area contributed by atoms with Crippen molar-refractivity contribution in [2.75, 3.05) is 32.1 Å². The van der Waals surface area contributed by atoms with Crippen LogP contribution in [-0.2, 0) is 12.0 Å². The van der Waals surface area contributed by atoms with Gasteiger partial charge in [0.25, 0.3) is 0 Å². The molecular formula is C20H31FIN5O. The lowest BCUT2D eigenvalue weighted by Crippen LogP contribution is -2.38. The highest BCUT2D eigenvalue weighted by Crippen LogP contribution is 2.22. The number of rotatable bonds is 7. The first kappa shape index (κ1) is 24.2. The molecule has 1 aromatic heterocycles. The molecule has 2 N–H and O–H groups in total. The van der Waals surface area contributed by atoms with E-state index in [1.54, 1.807) is 19.3 Å². The number of halogens is 2. The molecule has 8 heteroatoms. The first-order valence-electron chi connectivity index (χ1n) is 9.16. The molecule has 6 nitrogen and oxygen atoms in total. The van der Waals surface area contributed by atoms with Crippen LogP contribution in [0.3, 0.4) is 0 Å². The zero-order valence-electron chi connectivity index (χ0n) is 17.3. The normalized spacial score (nSPS) is 11.7. The van der Waals surface area contributed by atoms with Crippen molar-refractivity contribution in [3.05, 3.63) is 47.9 Å². The Bertz CT molecular complexity index is 757. The summed E-state index contributed by atoms with van der Waals surface area (Å²) in [6, 6.07) is 6.61. The third kappa shape index (κ3) is 7.65. The lowest BCUT2D eigenvalue weighted by molar-refractivity contribution is 0.379. The van der Waals surface area contributed by atoms with Crippen molar-refractivity contribution < 1.29 is 8.81 Å². The Balaban J connectivity index is 0.00000392. The number of hydrogen-bond acceptors (Lipinski definition) is 4. The van der Waals surface area contributed by atoms with E-state index in [1.165, 1.54) is 12.1 Å². The number of anilines is 1. The van der Waals surface area contributed by atoms with Gasteiger partial charge in [-0.1, -0.05) is 26.8 Å². The van der Waals surface area contributed by atoms with Crippen molar-refractivity contribution in [3.63, 3.8) is 0 Å². The van der Waals surface area contributed by atoms with Crippen LogP contribution < -0.4 is 15.5 Å². The second-order valence-corrected chi connectivity index (χ2v) is 7.48. The molecule has 0 spiro atoms. The van der Waals surface area contributed by atoms with Crippen molar-refractivity contribution in [2.24, 2.45) is 4.99 Å². The van der Waals surface area contributed by atoms with E-state index >= 15 is 0 Å². The summed E-state index contributed by atoms with van der Waals surface area (Å²) in [5, 5.41) is 6.46. The average molecular weight is 503 g/mol. The third-order valence-corrected chi connectivity index (χ3v) is 4.14. The maximum absolute atomic E-state index is 13.3. The van der Waals surface area contributed by atoms with Gasteiger partial charge in [0.05, 0.1) is 12.7 Å². The first-order chi connectivity index (χ1) is 12.8. The van der Waals surface area contributed by atoms with Gasteiger partial charge in [0.2, 0.25) is 5.89 Å². The molecule has 0 saturated carbocycles. The fraction of sp³-hybridized carbons (Fsp3) is 0.500. The fourth-order valence-electron chi connectivity index (χ4n) is 2.48. The number of nitrogens with zero attached hydrogens (tertiary/aromatic N) is 3. The van der Waals surface area contributed by atoms with Crippen molar-refractivity contribution >= 4 is 35.6 Å². The number of nitrogens with one attached hydrogen (secondary N) is 2. The summed E-state index contributed by atoms with van der Waals surface area (Å²) in [4.78, 5) is 10.5. The van der Waals surface area contributed by atoms with E-state index in [-0.39, 0.29) is 35.2 Å². The zero-order chi connectivity index (χ0) is 19.9. The minimum absolute atomic E-state index is 0. The molecule has 1 aromatic carbocycles. The predicted octanol–water partition coefficient (Wildman–Crippen LogP) is 3.92. The average Bonchev–Trinajstić information content (AvgIpc) is 3.10. The van der Waals surface area contributed by atoms with Crippen LogP contribution in [-0.4, -0.2) is 38.1 Å². The molecular weight excluding hydrogens is 472 g/mol. The Morgan fingerprint density at radius 1 is 1.29 bits per heavy atom. The number of aromatic nitrogens is 1. The standard InChI is InChI=1S/C20H30FN5O.HI/c1-20(2,3)17-13-24-18(27-17)14-25-19(22-4)23-10-7-11-26(5)16-9-6-8-15(21)12-16;/h6,8-9,12-13H,7,10-11,14H2,1-5H3,(H2,22,23,25);1H. The third-order valence-electron chi connectivity index (χ3n) is 4.14. The van der Waals surface area contributed by atoms with Crippen LogP contribution in [0.25, 0.3) is 0 Å². The van der Waals surface area contributed by atoms with Gasteiger partial charge in [-0.05, 0) is 24.6 Å². The number of guanidine groups is 1. The predicted molar refractivity (Wildman–Crippen MR) is 123 cm³/mol. The molecule has 0 radical (unpaired) electrons. The first-order valence-corrected chi connectivity index (χ1v) is 9.16. The Kier molecular flexibility index (Phi) is 9.71. The summed E-state index contributed by atoms with van der Waals surface area (Å²) < 4.78 is 19.0. The Morgan fingerprint density at radius 2 is 2.04 bits per heavy atom. The second kappa shape index (κ2) is 11.2. The van der Waals surface area contributed by atoms with Gasteiger partial charge in [-0.2, -0.15) is 0 Å². The fourth-order valence-corrected chi connectivity index (χ4v) is 2.48. The van der Waals surface area contributed by atoms with Crippen LogP contribution in [0.1, 0.15) is 38.8 Å². The maximum atomic E-state index is 13.3. The van der Waals surface area contributed by atoms with E-state index in [0.717, 1.165) is 31.0 Å². The van der Waals surface area contributed by atoms with E-state index < -0.39 is 0 Å². The van der Waals surface area contributed by atoms with Gasteiger partial charge in [0, 0.05) is 38.3 Å².